The Morgan fingerprint density at radius 1 is 1.48 bits per heavy atom. The molecule has 1 rings (SSSR count). The van der Waals surface area contributed by atoms with Crippen LogP contribution in [-0.2, 0) is 19.6 Å². The summed E-state index contributed by atoms with van der Waals surface area (Å²) >= 11 is 0. The van der Waals surface area contributed by atoms with Gasteiger partial charge < -0.3 is 9.84 Å². The van der Waals surface area contributed by atoms with Gasteiger partial charge in [-0.05, 0) is 24.6 Å². The molecule has 0 heterocycles. The number of esters is 1. The summed E-state index contributed by atoms with van der Waals surface area (Å²) < 4.78 is 30.3. The third-order valence-electron chi connectivity index (χ3n) is 2.59. The summed E-state index contributed by atoms with van der Waals surface area (Å²) in [5, 5.41) is 8.66. The molecule has 0 aliphatic rings. The molecule has 2 N–H and O–H groups in total. The summed E-state index contributed by atoms with van der Waals surface area (Å²) in [6.07, 6.45) is 0. The van der Waals surface area contributed by atoms with E-state index in [1.807, 2.05) is 0 Å². The first-order chi connectivity index (χ1) is 9.88. The van der Waals surface area contributed by atoms with Crippen molar-refractivity contribution in [2.24, 2.45) is 0 Å². The number of aliphatic hydroxyl groups is 1. The first-order valence-electron chi connectivity index (χ1n) is 6.14. The molecule has 0 saturated heterocycles. The quantitative estimate of drug-likeness (QED) is 0.598. The van der Waals surface area contributed by atoms with Crippen LogP contribution in [0.25, 0.3) is 0 Å². The van der Waals surface area contributed by atoms with Gasteiger partial charge in [-0.15, -0.1) is 0 Å². The second-order valence-corrected chi connectivity index (χ2v) is 6.01. The summed E-state index contributed by atoms with van der Waals surface area (Å²) in [4.78, 5) is 11.0. The number of nitrogens with one attached hydrogen (secondary N) is 1. The molecule has 21 heavy (non-hydrogen) atoms. The molecule has 0 saturated carbocycles. The van der Waals surface area contributed by atoms with Gasteiger partial charge in [-0.25, -0.2) is 13.1 Å². The fourth-order valence-corrected chi connectivity index (χ4v) is 2.81. The van der Waals surface area contributed by atoms with Crippen LogP contribution in [-0.4, -0.2) is 39.0 Å². The lowest BCUT2D eigenvalue weighted by molar-refractivity contribution is -0.137. The van der Waals surface area contributed by atoms with Crippen LogP contribution in [0.3, 0.4) is 0 Å². The SMILES string of the molecule is COC(=O)CS(=O)(=O)NC(C)c1cccc(C#CCO)c1. The van der Waals surface area contributed by atoms with E-state index in [9.17, 15) is 13.2 Å². The van der Waals surface area contributed by atoms with Crippen molar-refractivity contribution in [3.8, 4) is 11.8 Å². The molecule has 1 aromatic rings. The van der Waals surface area contributed by atoms with Gasteiger partial charge in [0.2, 0.25) is 10.0 Å². The van der Waals surface area contributed by atoms with Crippen molar-refractivity contribution < 1.29 is 23.1 Å². The van der Waals surface area contributed by atoms with Gasteiger partial charge in [0.05, 0.1) is 7.11 Å². The predicted octanol–water partition coefficient (Wildman–Crippen LogP) is 0.184. The third-order valence-corrected chi connectivity index (χ3v) is 3.92. The maximum Gasteiger partial charge on any atom is 0.322 e. The van der Waals surface area contributed by atoms with Crippen LogP contribution in [0.1, 0.15) is 24.1 Å². The molecule has 1 unspecified atom stereocenters. The minimum Gasteiger partial charge on any atom is -0.468 e. The third kappa shape index (κ3) is 5.95. The number of methoxy groups -OCH3 is 1. The Morgan fingerprint density at radius 2 is 2.19 bits per heavy atom. The minimum atomic E-state index is -3.77. The Kier molecular flexibility index (Phi) is 6.37. The maximum absolute atomic E-state index is 11.8. The van der Waals surface area contributed by atoms with Gasteiger partial charge in [-0.1, -0.05) is 24.0 Å². The van der Waals surface area contributed by atoms with Crippen molar-refractivity contribution in [2.75, 3.05) is 19.5 Å². The molecule has 0 spiro atoms. The standard InChI is InChI=1S/C14H17NO5S/c1-11(15-21(18,19)10-14(17)20-2)13-7-3-5-12(9-13)6-4-8-16/h3,5,7,9,11,15-16H,8,10H2,1-2H3. The lowest BCUT2D eigenvalue weighted by atomic mass is 10.1. The van der Waals surface area contributed by atoms with E-state index < -0.39 is 27.8 Å². The number of ether oxygens (including phenoxy) is 1. The Hall–Kier alpha value is -1.88. The molecule has 0 bridgehead atoms. The largest absolute Gasteiger partial charge is 0.468 e. The number of sulfonamides is 1. The fraction of sp³-hybridized carbons (Fsp3) is 0.357. The summed E-state index contributed by atoms with van der Waals surface area (Å²) in [6.45, 7) is 1.42. The topological polar surface area (TPSA) is 92.7 Å². The zero-order valence-corrected chi connectivity index (χ0v) is 12.6. The predicted molar refractivity (Wildman–Crippen MR) is 77.8 cm³/mol. The zero-order valence-electron chi connectivity index (χ0n) is 11.8. The number of hydrogen-bond donors (Lipinski definition) is 2. The molecule has 114 valence electrons. The molecule has 6 nitrogen and oxygen atoms in total. The van der Waals surface area contributed by atoms with Gasteiger partial charge >= 0.3 is 5.97 Å². The Balaban J connectivity index is 2.84. The first kappa shape index (κ1) is 17.2. The van der Waals surface area contributed by atoms with E-state index in [-0.39, 0.29) is 6.61 Å². The summed E-state index contributed by atoms with van der Waals surface area (Å²) in [5.74, 6) is 3.71. The summed E-state index contributed by atoms with van der Waals surface area (Å²) in [7, 11) is -2.64. The van der Waals surface area contributed by atoms with E-state index in [4.69, 9.17) is 5.11 Å². The molecule has 0 aliphatic carbocycles. The number of carbonyl (C=O) groups excluding carboxylic acids is 1. The number of aliphatic hydroxyl groups excluding tert-OH is 1. The number of hydrogen-bond acceptors (Lipinski definition) is 5. The Bertz CT molecular complexity index is 657. The van der Waals surface area contributed by atoms with Crippen LogP contribution in [0, 0.1) is 11.8 Å². The summed E-state index contributed by atoms with van der Waals surface area (Å²) in [5.41, 5.74) is 1.37. The van der Waals surface area contributed by atoms with Crippen molar-refractivity contribution in [3.05, 3.63) is 35.4 Å². The number of carbonyl (C=O) groups is 1. The van der Waals surface area contributed by atoms with Gasteiger partial charge in [-0.2, -0.15) is 0 Å². The average molecular weight is 311 g/mol. The highest BCUT2D eigenvalue weighted by molar-refractivity contribution is 7.90. The van der Waals surface area contributed by atoms with Crippen molar-refractivity contribution in [2.45, 2.75) is 13.0 Å². The molecule has 7 heteroatoms. The van der Waals surface area contributed by atoms with Gasteiger partial charge in [-0.3, -0.25) is 4.79 Å². The Morgan fingerprint density at radius 3 is 2.81 bits per heavy atom. The first-order valence-corrected chi connectivity index (χ1v) is 7.79. The summed E-state index contributed by atoms with van der Waals surface area (Å²) in [6, 6.07) is 6.43. The van der Waals surface area contributed by atoms with E-state index >= 15 is 0 Å². The Labute approximate surface area is 124 Å². The minimum absolute atomic E-state index is 0.245. The van der Waals surface area contributed by atoms with Crippen LogP contribution >= 0.6 is 0 Å². The lowest BCUT2D eigenvalue weighted by Crippen LogP contribution is -2.32. The van der Waals surface area contributed by atoms with E-state index in [1.54, 1.807) is 31.2 Å². The molecular weight excluding hydrogens is 294 g/mol. The average Bonchev–Trinajstić information content (AvgIpc) is 2.44. The lowest BCUT2D eigenvalue weighted by Gasteiger charge is -2.14. The van der Waals surface area contributed by atoms with Gasteiger partial charge in [0, 0.05) is 11.6 Å². The number of benzene rings is 1. The van der Waals surface area contributed by atoms with Gasteiger partial charge in [0.15, 0.2) is 5.75 Å². The second-order valence-electron chi connectivity index (χ2n) is 4.26. The van der Waals surface area contributed by atoms with Crippen LogP contribution in [0.2, 0.25) is 0 Å². The van der Waals surface area contributed by atoms with Crippen molar-refractivity contribution >= 4 is 16.0 Å². The molecule has 0 aliphatic heterocycles. The van der Waals surface area contributed by atoms with Crippen LogP contribution in [0.5, 0.6) is 0 Å². The van der Waals surface area contributed by atoms with E-state index in [2.05, 4.69) is 21.3 Å². The van der Waals surface area contributed by atoms with Crippen molar-refractivity contribution in [1.29, 1.82) is 0 Å². The highest BCUT2D eigenvalue weighted by atomic mass is 32.2. The van der Waals surface area contributed by atoms with E-state index in [1.165, 1.54) is 0 Å². The highest BCUT2D eigenvalue weighted by Crippen LogP contribution is 2.15. The molecule has 1 aromatic carbocycles. The fourth-order valence-electron chi connectivity index (χ4n) is 1.62. The van der Waals surface area contributed by atoms with Gasteiger partial charge in [0.1, 0.15) is 6.61 Å². The molecule has 0 fully saturated rings. The van der Waals surface area contributed by atoms with Crippen LogP contribution < -0.4 is 4.72 Å². The highest BCUT2D eigenvalue weighted by Gasteiger charge is 2.20. The maximum atomic E-state index is 11.8. The zero-order chi connectivity index (χ0) is 15.9. The monoisotopic (exact) mass is 311 g/mol. The second kappa shape index (κ2) is 7.78. The molecule has 0 aromatic heterocycles. The molecule has 0 amide bonds. The molecule has 1 atom stereocenters. The van der Waals surface area contributed by atoms with Crippen molar-refractivity contribution in [3.63, 3.8) is 0 Å². The van der Waals surface area contributed by atoms with E-state index in [0.717, 1.165) is 7.11 Å². The molecular formula is C14H17NO5S. The van der Waals surface area contributed by atoms with Crippen LogP contribution in [0.15, 0.2) is 24.3 Å². The van der Waals surface area contributed by atoms with Crippen LogP contribution in [0.4, 0.5) is 0 Å². The normalized spacial score (nSPS) is 12.1. The van der Waals surface area contributed by atoms with Gasteiger partial charge in [0.25, 0.3) is 0 Å². The van der Waals surface area contributed by atoms with Crippen molar-refractivity contribution in [1.82, 2.24) is 4.72 Å². The smallest absolute Gasteiger partial charge is 0.322 e. The number of rotatable bonds is 5. The van der Waals surface area contributed by atoms with E-state index in [0.29, 0.717) is 11.1 Å². The molecule has 0 radical (unpaired) electrons.